The van der Waals surface area contributed by atoms with Crippen LogP contribution in [0.25, 0.3) is 11.2 Å². The number of rotatable bonds is 3. The first kappa shape index (κ1) is 13.9. The van der Waals surface area contributed by atoms with Gasteiger partial charge >= 0.3 is 0 Å². The summed E-state index contributed by atoms with van der Waals surface area (Å²) in [5.74, 6) is 0.411. The Morgan fingerprint density at radius 1 is 1.17 bits per heavy atom. The fraction of sp³-hybridized carbons (Fsp3) is 0.294. The average Bonchev–Trinajstić information content (AvgIpc) is 2.84. The van der Waals surface area contributed by atoms with E-state index in [1.165, 1.54) is 0 Å². The summed E-state index contributed by atoms with van der Waals surface area (Å²) in [6.07, 6.45) is 3.81. The molecule has 1 aliphatic heterocycles. The predicted molar refractivity (Wildman–Crippen MR) is 85.8 cm³/mol. The summed E-state index contributed by atoms with van der Waals surface area (Å²) in [6, 6.07) is 9.84. The first-order valence-electron chi connectivity index (χ1n) is 7.67. The molecule has 1 fully saturated rings. The molecule has 2 aromatic heterocycles. The maximum Gasteiger partial charge on any atom is 0.227 e. The summed E-state index contributed by atoms with van der Waals surface area (Å²) in [5.41, 5.74) is 3.63. The molecule has 1 amide bonds. The molecule has 6 nitrogen and oxygen atoms in total. The highest BCUT2D eigenvalue weighted by atomic mass is 16.2. The molecule has 0 saturated carbocycles. The number of aromatic nitrogens is 4. The number of hydrogen-bond donors (Lipinski definition) is 0. The Morgan fingerprint density at radius 3 is 2.70 bits per heavy atom. The average molecular weight is 307 g/mol. The summed E-state index contributed by atoms with van der Waals surface area (Å²) in [6.45, 7) is 1.41. The van der Waals surface area contributed by atoms with Crippen molar-refractivity contribution in [3.8, 4) is 0 Å². The van der Waals surface area contributed by atoms with Crippen LogP contribution in [0.1, 0.15) is 17.2 Å². The Hall–Kier alpha value is -2.76. The Bertz CT molecular complexity index is 852. The highest BCUT2D eigenvalue weighted by Gasteiger charge is 2.35. The third-order valence-electron chi connectivity index (χ3n) is 4.30. The largest absolute Gasteiger partial charge is 0.341 e. The topological polar surface area (TPSA) is 63.9 Å². The first-order valence-corrected chi connectivity index (χ1v) is 7.67. The van der Waals surface area contributed by atoms with E-state index in [9.17, 15) is 4.79 Å². The molecule has 116 valence electrons. The van der Waals surface area contributed by atoms with E-state index in [0.29, 0.717) is 19.5 Å². The molecule has 0 radical (unpaired) electrons. The summed E-state index contributed by atoms with van der Waals surface area (Å²) >= 11 is 0. The van der Waals surface area contributed by atoms with Gasteiger partial charge in [0, 0.05) is 38.4 Å². The van der Waals surface area contributed by atoms with E-state index in [2.05, 4.69) is 15.1 Å². The third kappa shape index (κ3) is 2.46. The minimum absolute atomic E-state index is 0.166. The lowest BCUT2D eigenvalue weighted by Gasteiger charge is -2.38. The second kappa shape index (κ2) is 5.46. The number of carbonyl (C=O) groups is 1. The summed E-state index contributed by atoms with van der Waals surface area (Å²) in [5, 5.41) is 4.54. The van der Waals surface area contributed by atoms with E-state index in [1.807, 2.05) is 42.3 Å². The SMILES string of the molecule is Cn1nc(C2CN(C(=O)Cc3ccccc3)C2)c2nccnc21. The Kier molecular flexibility index (Phi) is 3.29. The van der Waals surface area contributed by atoms with E-state index in [4.69, 9.17) is 0 Å². The monoisotopic (exact) mass is 307 g/mol. The van der Waals surface area contributed by atoms with Crippen molar-refractivity contribution < 1.29 is 4.79 Å². The van der Waals surface area contributed by atoms with Gasteiger partial charge in [-0.25, -0.2) is 14.6 Å². The number of carbonyl (C=O) groups excluding carboxylic acids is 1. The van der Waals surface area contributed by atoms with Crippen LogP contribution in [0, 0.1) is 0 Å². The molecule has 0 N–H and O–H groups in total. The predicted octanol–water partition coefficient (Wildman–Crippen LogP) is 1.53. The molecule has 3 aromatic rings. The van der Waals surface area contributed by atoms with Crippen molar-refractivity contribution >= 4 is 17.1 Å². The molecular formula is C17H17N5O. The second-order valence-corrected chi connectivity index (χ2v) is 5.90. The summed E-state index contributed by atoms with van der Waals surface area (Å²) in [4.78, 5) is 22.9. The van der Waals surface area contributed by atoms with Crippen LogP contribution in [0.3, 0.4) is 0 Å². The van der Waals surface area contributed by atoms with Crippen molar-refractivity contribution in [3.05, 3.63) is 54.0 Å². The molecule has 0 spiro atoms. The maximum absolute atomic E-state index is 12.3. The number of nitrogens with zero attached hydrogens (tertiary/aromatic N) is 5. The van der Waals surface area contributed by atoms with Crippen LogP contribution in [0.5, 0.6) is 0 Å². The van der Waals surface area contributed by atoms with Gasteiger partial charge in [0.1, 0.15) is 5.52 Å². The highest BCUT2D eigenvalue weighted by Crippen LogP contribution is 2.30. The summed E-state index contributed by atoms with van der Waals surface area (Å²) in [7, 11) is 1.87. The van der Waals surface area contributed by atoms with E-state index < -0.39 is 0 Å². The van der Waals surface area contributed by atoms with Crippen molar-refractivity contribution in [1.82, 2.24) is 24.6 Å². The minimum atomic E-state index is 0.166. The number of fused-ring (bicyclic) bond motifs is 1. The van der Waals surface area contributed by atoms with Crippen LogP contribution in [-0.4, -0.2) is 43.6 Å². The van der Waals surface area contributed by atoms with Gasteiger partial charge in [-0.05, 0) is 5.56 Å². The van der Waals surface area contributed by atoms with Crippen molar-refractivity contribution in [2.45, 2.75) is 12.3 Å². The first-order chi connectivity index (χ1) is 11.2. The van der Waals surface area contributed by atoms with Crippen LogP contribution in [0.2, 0.25) is 0 Å². The van der Waals surface area contributed by atoms with Crippen molar-refractivity contribution in [1.29, 1.82) is 0 Å². The molecule has 1 saturated heterocycles. The number of hydrogen-bond acceptors (Lipinski definition) is 4. The third-order valence-corrected chi connectivity index (χ3v) is 4.30. The molecule has 0 unspecified atom stereocenters. The quantitative estimate of drug-likeness (QED) is 0.736. The molecule has 1 aromatic carbocycles. The number of aryl methyl sites for hydroxylation is 1. The van der Waals surface area contributed by atoms with Gasteiger partial charge in [-0.3, -0.25) is 4.79 Å². The zero-order valence-electron chi connectivity index (χ0n) is 12.9. The number of amides is 1. The lowest BCUT2D eigenvalue weighted by molar-refractivity contribution is -0.134. The smallest absolute Gasteiger partial charge is 0.227 e. The van der Waals surface area contributed by atoms with Gasteiger partial charge in [-0.2, -0.15) is 5.10 Å². The Balaban J connectivity index is 1.46. The Morgan fingerprint density at radius 2 is 1.91 bits per heavy atom. The normalized spacial score (nSPS) is 14.9. The van der Waals surface area contributed by atoms with E-state index in [-0.39, 0.29) is 11.8 Å². The highest BCUT2D eigenvalue weighted by molar-refractivity contribution is 5.80. The second-order valence-electron chi connectivity index (χ2n) is 5.90. The Labute approximate surface area is 133 Å². The van der Waals surface area contributed by atoms with E-state index in [0.717, 1.165) is 22.4 Å². The zero-order chi connectivity index (χ0) is 15.8. The molecular weight excluding hydrogens is 290 g/mol. The fourth-order valence-electron chi connectivity index (χ4n) is 3.02. The van der Waals surface area contributed by atoms with Crippen LogP contribution in [0.15, 0.2) is 42.7 Å². The van der Waals surface area contributed by atoms with Crippen LogP contribution in [-0.2, 0) is 18.3 Å². The molecule has 0 atom stereocenters. The minimum Gasteiger partial charge on any atom is -0.341 e. The molecule has 3 heterocycles. The van der Waals surface area contributed by atoms with Crippen molar-refractivity contribution in [2.75, 3.05) is 13.1 Å². The summed E-state index contributed by atoms with van der Waals surface area (Å²) < 4.78 is 1.76. The van der Waals surface area contributed by atoms with Gasteiger partial charge in [-0.1, -0.05) is 30.3 Å². The molecule has 1 aliphatic rings. The molecule has 0 aliphatic carbocycles. The van der Waals surface area contributed by atoms with Gasteiger partial charge in [0.05, 0.1) is 12.1 Å². The van der Waals surface area contributed by atoms with Crippen molar-refractivity contribution in [2.24, 2.45) is 7.05 Å². The molecule has 6 heteroatoms. The van der Waals surface area contributed by atoms with Gasteiger partial charge < -0.3 is 4.90 Å². The van der Waals surface area contributed by atoms with Crippen LogP contribution < -0.4 is 0 Å². The molecule has 23 heavy (non-hydrogen) atoms. The number of benzene rings is 1. The number of likely N-dealkylation sites (tertiary alicyclic amines) is 1. The van der Waals surface area contributed by atoms with Crippen molar-refractivity contribution in [3.63, 3.8) is 0 Å². The molecule has 0 bridgehead atoms. The van der Waals surface area contributed by atoms with E-state index >= 15 is 0 Å². The van der Waals surface area contributed by atoms with Crippen LogP contribution in [0.4, 0.5) is 0 Å². The van der Waals surface area contributed by atoms with Gasteiger partial charge in [0.2, 0.25) is 5.91 Å². The lowest BCUT2D eigenvalue weighted by Crippen LogP contribution is -2.49. The molecule has 4 rings (SSSR count). The fourth-order valence-corrected chi connectivity index (χ4v) is 3.02. The van der Waals surface area contributed by atoms with Gasteiger partial charge in [-0.15, -0.1) is 0 Å². The zero-order valence-corrected chi connectivity index (χ0v) is 12.9. The van der Waals surface area contributed by atoms with Gasteiger partial charge in [0.15, 0.2) is 5.65 Å². The maximum atomic E-state index is 12.3. The van der Waals surface area contributed by atoms with E-state index in [1.54, 1.807) is 17.1 Å². The van der Waals surface area contributed by atoms with Crippen LogP contribution >= 0.6 is 0 Å². The lowest BCUT2D eigenvalue weighted by atomic mass is 9.95. The van der Waals surface area contributed by atoms with Gasteiger partial charge in [0.25, 0.3) is 0 Å². The standard InChI is InChI=1S/C17H17N5O/c1-21-17-16(18-7-8-19-17)15(20-21)13-10-22(11-13)14(23)9-12-5-3-2-4-6-12/h2-8,13H,9-11H2,1H3.